The molecule has 26 heavy (non-hydrogen) atoms. The lowest BCUT2D eigenvalue weighted by Gasteiger charge is -2.27. The highest BCUT2D eigenvalue weighted by Gasteiger charge is 2.27. The van der Waals surface area contributed by atoms with Crippen LogP contribution in [-0.2, 0) is 12.8 Å². The molecule has 1 saturated heterocycles. The van der Waals surface area contributed by atoms with E-state index in [9.17, 15) is 9.18 Å². The lowest BCUT2D eigenvalue weighted by atomic mass is 10.2. The van der Waals surface area contributed by atoms with E-state index in [0.29, 0.717) is 17.9 Å². The zero-order valence-electron chi connectivity index (χ0n) is 14.8. The fourth-order valence-corrected chi connectivity index (χ4v) is 3.79. The van der Waals surface area contributed by atoms with E-state index >= 15 is 0 Å². The van der Waals surface area contributed by atoms with Gasteiger partial charge in [-0.05, 0) is 31.4 Å². The number of carbonyl (C=O) groups excluding carboxylic acids is 1. The molecule has 0 saturated carbocycles. The minimum Gasteiger partial charge on any atom is -0.349 e. The average molecular weight is 357 g/mol. The van der Waals surface area contributed by atoms with Crippen molar-refractivity contribution >= 4 is 5.91 Å². The first-order valence-corrected chi connectivity index (χ1v) is 9.31. The van der Waals surface area contributed by atoms with Gasteiger partial charge in [0.25, 0.3) is 5.91 Å². The van der Waals surface area contributed by atoms with Crippen molar-refractivity contribution in [3.8, 4) is 5.69 Å². The third-order valence-corrected chi connectivity index (χ3v) is 5.15. The molecule has 4 rings (SSSR count). The van der Waals surface area contributed by atoms with Crippen LogP contribution in [0.5, 0.6) is 0 Å². The number of nitrogens with one attached hydrogen (secondary N) is 2. The summed E-state index contributed by atoms with van der Waals surface area (Å²) in [4.78, 5) is 15.0. The number of rotatable bonds is 5. The number of hydrogen-bond acceptors (Lipinski definition) is 4. The van der Waals surface area contributed by atoms with E-state index in [1.54, 1.807) is 22.9 Å². The number of fused-ring (bicyclic) bond motifs is 1. The van der Waals surface area contributed by atoms with Gasteiger partial charge < -0.3 is 10.6 Å². The smallest absolute Gasteiger partial charge is 0.272 e. The van der Waals surface area contributed by atoms with E-state index in [4.69, 9.17) is 0 Å². The predicted octanol–water partition coefficient (Wildman–Crippen LogP) is 1.14. The number of halogens is 1. The summed E-state index contributed by atoms with van der Waals surface area (Å²) in [5.74, 6) is -0.483. The molecular formula is C19H24FN5O. The Morgan fingerprint density at radius 2 is 2.04 bits per heavy atom. The maximum absolute atomic E-state index is 14.2. The molecule has 2 aromatic rings. The van der Waals surface area contributed by atoms with Crippen LogP contribution in [0.4, 0.5) is 4.39 Å². The van der Waals surface area contributed by atoms with Crippen molar-refractivity contribution in [3.63, 3.8) is 0 Å². The van der Waals surface area contributed by atoms with Crippen molar-refractivity contribution in [1.82, 2.24) is 25.3 Å². The highest BCUT2D eigenvalue weighted by molar-refractivity contribution is 5.94. The van der Waals surface area contributed by atoms with Crippen LogP contribution in [0.15, 0.2) is 24.3 Å². The second-order valence-electron chi connectivity index (χ2n) is 6.84. The molecule has 0 spiro atoms. The van der Waals surface area contributed by atoms with Gasteiger partial charge in [-0.1, -0.05) is 12.1 Å². The number of aromatic nitrogens is 2. The number of amides is 1. The molecular weight excluding hydrogens is 333 g/mol. The number of para-hydroxylation sites is 1. The molecule has 1 aliphatic carbocycles. The summed E-state index contributed by atoms with van der Waals surface area (Å²) in [5, 5.41) is 10.8. The molecule has 1 aromatic heterocycles. The summed E-state index contributed by atoms with van der Waals surface area (Å²) in [7, 11) is 0. The van der Waals surface area contributed by atoms with Gasteiger partial charge in [0.2, 0.25) is 0 Å². The molecule has 0 bridgehead atoms. The van der Waals surface area contributed by atoms with Gasteiger partial charge in [-0.3, -0.25) is 9.69 Å². The molecule has 1 aromatic carbocycles. The van der Waals surface area contributed by atoms with Crippen molar-refractivity contribution in [2.45, 2.75) is 19.3 Å². The van der Waals surface area contributed by atoms with Gasteiger partial charge in [-0.15, -0.1) is 0 Å². The van der Waals surface area contributed by atoms with Crippen molar-refractivity contribution in [3.05, 3.63) is 47.0 Å². The van der Waals surface area contributed by atoms with Crippen molar-refractivity contribution < 1.29 is 9.18 Å². The van der Waals surface area contributed by atoms with Crippen LogP contribution >= 0.6 is 0 Å². The molecule has 2 aliphatic rings. The van der Waals surface area contributed by atoms with Crippen molar-refractivity contribution in [2.75, 3.05) is 39.3 Å². The predicted molar refractivity (Wildman–Crippen MR) is 97.2 cm³/mol. The number of nitrogens with zero attached hydrogens (tertiary/aromatic N) is 3. The van der Waals surface area contributed by atoms with Gasteiger partial charge in [0.05, 0.1) is 0 Å². The lowest BCUT2D eigenvalue weighted by Crippen LogP contribution is -2.46. The standard InChI is InChI=1S/C19H24FN5O/c20-15-5-1-2-6-17(15)25-16-7-3-4-14(16)18(23-25)19(26)22-10-13-24-11-8-21-9-12-24/h1-2,5-6,21H,3-4,7-13H2,(H,22,26). The van der Waals surface area contributed by atoms with Gasteiger partial charge in [-0.25, -0.2) is 9.07 Å². The maximum Gasteiger partial charge on any atom is 0.272 e. The van der Waals surface area contributed by atoms with E-state index in [0.717, 1.165) is 63.2 Å². The Labute approximate surface area is 152 Å². The number of piperazine rings is 1. The molecule has 0 radical (unpaired) electrons. The normalized spacial score (nSPS) is 17.3. The van der Waals surface area contributed by atoms with Crippen LogP contribution in [0.3, 0.4) is 0 Å². The number of benzene rings is 1. The van der Waals surface area contributed by atoms with Gasteiger partial charge in [0, 0.05) is 50.5 Å². The van der Waals surface area contributed by atoms with E-state index in [2.05, 4.69) is 20.6 Å². The SMILES string of the molecule is O=C(NCCN1CCNCC1)c1nn(-c2ccccc2F)c2c1CCC2. The molecule has 2 heterocycles. The van der Waals surface area contributed by atoms with Gasteiger partial charge in [0.15, 0.2) is 5.69 Å². The summed E-state index contributed by atoms with van der Waals surface area (Å²) in [6.45, 7) is 5.44. The quantitative estimate of drug-likeness (QED) is 0.842. The summed E-state index contributed by atoms with van der Waals surface area (Å²) in [6, 6.07) is 6.57. The zero-order valence-corrected chi connectivity index (χ0v) is 14.8. The Balaban J connectivity index is 1.49. The summed E-state index contributed by atoms with van der Waals surface area (Å²) in [5.41, 5.74) is 2.78. The van der Waals surface area contributed by atoms with Crippen LogP contribution in [0.1, 0.15) is 28.2 Å². The Hall–Kier alpha value is -2.25. The topological polar surface area (TPSA) is 62.2 Å². The van der Waals surface area contributed by atoms with Gasteiger partial charge in [-0.2, -0.15) is 5.10 Å². The fraction of sp³-hybridized carbons (Fsp3) is 0.474. The largest absolute Gasteiger partial charge is 0.349 e. The van der Waals surface area contributed by atoms with E-state index in [1.807, 2.05) is 0 Å². The molecule has 0 unspecified atom stereocenters. The van der Waals surface area contributed by atoms with Crippen LogP contribution < -0.4 is 10.6 Å². The van der Waals surface area contributed by atoms with Gasteiger partial charge in [0.1, 0.15) is 11.5 Å². The number of hydrogen-bond donors (Lipinski definition) is 2. The lowest BCUT2D eigenvalue weighted by molar-refractivity contribution is 0.0941. The molecule has 1 aliphatic heterocycles. The second kappa shape index (κ2) is 7.55. The van der Waals surface area contributed by atoms with Crippen molar-refractivity contribution in [2.24, 2.45) is 0 Å². The third-order valence-electron chi connectivity index (χ3n) is 5.15. The molecule has 2 N–H and O–H groups in total. The Kier molecular flexibility index (Phi) is 4.99. The first-order valence-electron chi connectivity index (χ1n) is 9.31. The van der Waals surface area contributed by atoms with Crippen LogP contribution in [0.2, 0.25) is 0 Å². The first kappa shape index (κ1) is 17.2. The Morgan fingerprint density at radius 3 is 2.85 bits per heavy atom. The maximum atomic E-state index is 14.2. The molecule has 138 valence electrons. The minimum absolute atomic E-state index is 0.159. The summed E-state index contributed by atoms with van der Waals surface area (Å²) >= 11 is 0. The number of carbonyl (C=O) groups is 1. The summed E-state index contributed by atoms with van der Waals surface area (Å²) in [6.07, 6.45) is 2.62. The fourth-order valence-electron chi connectivity index (χ4n) is 3.79. The molecule has 6 nitrogen and oxygen atoms in total. The molecule has 1 fully saturated rings. The molecule has 7 heteroatoms. The molecule has 0 atom stereocenters. The Morgan fingerprint density at radius 1 is 1.23 bits per heavy atom. The van der Waals surface area contributed by atoms with E-state index in [-0.39, 0.29) is 11.7 Å². The molecule has 1 amide bonds. The van der Waals surface area contributed by atoms with Crippen molar-refractivity contribution in [1.29, 1.82) is 0 Å². The first-order chi connectivity index (χ1) is 12.7. The minimum atomic E-state index is -0.324. The Bertz CT molecular complexity index is 797. The summed E-state index contributed by atoms with van der Waals surface area (Å²) < 4.78 is 15.8. The second-order valence-corrected chi connectivity index (χ2v) is 6.84. The van der Waals surface area contributed by atoms with E-state index in [1.165, 1.54) is 6.07 Å². The van der Waals surface area contributed by atoms with Crippen LogP contribution in [0.25, 0.3) is 5.69 Å². The van der Waals surface area contributed by atoms with Crippen LogP contribution in [0, 0.1) is 5.82 Å². The third kappa shape index (κ3) is 3.37. The monoisotopic (exact) mass is 357 g/mol. The van der Waals surface area contributed by atoms with Crippen LogP contribution in [-0.4, -0.2) is 59.9 Å². The highest BCUT2D eigenvalue weighted by Crippen LogP contribution is 2.28. The highest BCUT2D eigenvalue weighted by atomic mass is 19.1. The van der Waals surface area contributed by atoms with Gasteiger partial charge >= 0.3 is 0 Å². The average Bonchev–Trinajstić information content (AvgIpc) is 3.26. The van der Waals surface area contributed by atoms with E-state index < -0.39 is 0 Å². The zero-order chi connectivity index (χ0) is 17.9.